The number of rotatable bonds is 2. The van der Waals surface area contributed by atoms with Crippen LogP contribution in [-0.4, -0.2) is 63.0 Å². The standard InChI is InChI=1S/C10H16N4O3/c1-6-5-17-8(4-15)3-14(6)10(16)9-11-7(2)12-13-9/h6,8,15H,3-5H2,1-2H3,(H,11,12,13). The maximum Gasteiger partial charge on any atom is 0.293 e. The number of ether oxygens (including phenoxy) is 1. The van der Waals surface area contributed by atoms with Crippen LogP contribution in [0.2, 0.25) is 0 Å². The van der Waals surface area contributed by atoms with Gasteiger partial charge in [-0.25, -0.2) is 4.98 Å². The van der Waals surface area contributed by atoms with Crippen molar-refractivity contribution in [2.75, 3.05) is 19.8 Å². The van der Waals surface area contributed by atoms with Crippen molar-refractivity contribution in [1.82, 2.24) is 20.1 Å². The van der Waals surface area contributed by atoms with E-state index < -0.39 is 0 Å². The maximum atomic E-state index is 12.1. The third kappa shape index (κ3) is 2.45. The van der Waals surface area contributed by atoms with Crippen LogP contribution in [0.5, 0.6) is 0 Å². The molecule has 7 nitrogen and oxygen atoms in total. The molecule has 1 aliphatic rings. The first-order valence-electron chi connectivity index (χ1n) is 5.54. The van der Waals surface area contributed by atoms with Crippen LogP contribution in [0.4, 0.5) is 0 Å². The van der Waals surface area contributed by atoms with Crippen LogP contribution >= 0.6 is 0 Å². The number of carbonyl (C=O) groups is 1. The highest BCUT2D eigenvalue weighted by Crippen LogP contribution is 2.13. The molecule has 2 atom stereocenters. The van der Waals surface area contributed by atoms with E-state index in [4.69, 9.17) is 9.84 Å². The second kappa shape index (κ2) is 4.80. The molecule has 2 N–H and O–H groups in total. The smallest absolute Gasteiger partial charge is 0.293 e. The molecule has 1 amide bonds. The molecule has 0 aliphatic carbocycles. The van der Waals surface area contributed by atoms with Gasteiger partial charge in [0.2, 0.25) is 5.82 Å². The van der Waals surface area contributed by atoms with E-state index in [9.17, 15) is 4.79 Å². The number of nitrogens with one attached hydrogen (secondary N) is 1. The molecule has 0 radical (unpaired) electrons. The number of hydrogen-bond acceptors (Lipinski definition) is 5. The summed E-state index contributed by atoms with van der Waals surface area (Å²) >= 11 is 0. The van der Waals surface area contributed by atoms with Gasteiger partial charge in [-0.05, 0) is 13.8 Å². The lowest BCUT2D eigenvalue weighted by atomic mass is 10.2. The van der Waals surface area contributed by atoms with Gasteiger partial charge in [0.25, 0.3) is 5.91 Å². The lowest BCUT2D eigenvalue weighted by Crippen LogP contribution is -2.52. The van der Waals surface area contributed by atoms with Gasteiger partial charge in [-0.3, -0.25) is 9.89 Å². The number of nitrogens with zero attached hydrogens (tertiary/aromatic N) is 3. The summed E-state index contributed by atoms with van der Waals surface area (Å²) in [6.07, 6.45) is -0.324. The number of hydrogen-bond donors (Lipinski definition) is 2. The van der Waals surface area contributed by atoms with E-state index in [-0.39, 0.29) is 30.5 Å². The van der Waals surface area contributed by atoms with Gasteiger partial charge < -0.3 is 14.7 Å². The summed E-state index contributed by atoms with van der Waals surface area (Å²) in [7, 11) is 0. The third-order valence-electron chi connectivity index (χ3n) is 2.76. The van der Waals surface area contributed by atoms with Gasteiger partial charge in [0, 0.05) is 6.54 Å². The van der Waals surface area contributed by atoms with Crippen molar-refractivity contribution in [3.63, 3.8) is 0 Å². The average Bonchev–Trinajstić information content (AvgIpc) is 2.76. The number of aliphatic hydroxyl groups is 1. The Bertz CT molecular complexity index is 406. The van der Waals surface area contributed by atoms with Crippen molar-refractivity contribution in [3.05, 3.63) is 11.6 Å². The van der Waals surface area contributed by atoms with Crippen LogP contribution in [-0.2, 0) is 4.74 Å². The molecule has 1 aromatic rings. The molecule has 0 bridgehead atoms. The Hall–Kier alpha value is -1.47. The predicted octanol–water partition coefficient (Wildman–Crippen LogP) is -0.665. The number of carbonyl (C=O) groups excluding carboxylic acids is 1. The maximum absolute atomic E-state index is 12.1. The van der Waals surface area contributed by atoms with Crippen molar-refractivity contribution in [2.24, 2.45) is 0 Å². The van der Waals surface area contributed by atoms with Crippen molar-refractivity contribution >= 4 is 5.91 Å². The van der Waals surface area contributed by atoms with Gasteiger partial charge in [0.05, 0.1) is 25.4 Å². The van der Waals surface area contributed by atoms with E-state index in [1.54, 1.807) is 11.8 Å². The molecule has 0 spiro atoms. The van der Waals surface area contributed by atoms with E-state index in [0.717, 1.165) is 0 Å². The van der Waals surface area contributed by atoms with Gasteiger partial charge in [-0.15, -0.1) is 5.10 Å². The lowest BCUT2D eigenvalue weighted by molar-refractivity contribution is -0.0670. The van der Waals surface area contributed by atoms with Crippen molar-refractivity contribution in [3.8, 4) is 0 Å². The summed E-state index contributed by atoms with van der Waals surface area (Å²) in [4.78, 5) is 17.8. The SMILES string of the molecule is Cc1nc(C(=O)N2CC(CO)OCC2C)n[nH]1. The summed E-state index contributed by atoms with van der Waals surface area (Å²) in [5.74, 6) is 0.532. The zero-order valence-electron chi connectivity index (χ0n) is 9.88. The first-order valence-corrected chi connectivity index (χ1v) is 5.54. The third-order valence-corrected chi connectivity index (χ3v) is 2.76. The number of amides is 1. The summed E-state index contributed by atoms with van der Waals surface area (Å²) < 4.78 is 5.37. The van der Waals surface area contributed by atoms with Crippen molar-refractivity contribution < 1.29 is 14.6 Å². The minimum atomic E-state index is -0.324. The quantitative estimate of drug-likeness (QED) is 0.715. The number of aromatic nitrogens is 3. The molecule has 2 heterocycles. The molecule has 7 heteroatoms. The van der Waals surface area contributed by atoms with E-state index in [2.05, 4.69) is 15.2 Å². The lowest BCUT2D eigenvalue weighted by Gasteiger charge is -2.36. The Labute approximate surface area is 98.8 Å². The number of aryl methyl sites for hydroxylation is 1. The predicted molar refractivity (Wildman–Crippen MR) is 58.4 cm³/mol. The largest absolute Gasteiger partial charge is 0.394 e. The summed E-state index contributed by atoms with van der Waals surface area (Å²) in [5.41, 5.74) is 0. The Morgan fingerprint density at radius 3 is 3.06 bits per heavy atom. The van der Waals surface area contributed by atoms with Crippen LogP contribution in [0.25, 0.3) is 0 Å². The number of aromatic amines is 1. The first-order chi connectivity index (χ1) is 8.11. The molecular formula is C10H16N4O3. The van der Waals surface area contributed by atoms with Gasteiger partial charge in [-0.1, -0.05) is 0 Å². The number of morpholine rings is 1. The topological polar surface area (TPSA) is 91.3 Å². The van der Waals surface area contributed by atoms with Crippen LogP contribution in [0, 0.1) is 6.92 Å². The van der Waals surface area contributed by atoms with Crippen LogP contribution < -0.4 is 0 Å². The average molecular weight is 240 g/mol. The molecule has 2 unspecified atom stereocenters. The second-order valence-electron chi connectivity index (χ2n) is 4.19. The van der Waals surface area contributed by atoms with Gasteiger partial charge in [-0.2, -0.15) is 0 Å². The van der Waals surface area contributed by atoms with Crippen molar-refractivity contribution in [1.29, 1.82) is 0 Å². The fourth-order valence-corrected chi connectivity index (χ4v) is 1.78. The molecule has 0 saturated carbocycles. The zero-order valence-corrected chi connectivity index (χ0v) is 9.88. The Morgan fingerprint density at radius 2 is 2.47 bits per heavy atom. The van der Waals surface area contributed by atoms with Gasteiger partial charge in [0.15, 0.2) is 0 Å². The van der Waals surface area contributed by atoms with E-state index in [1.165, 1.54) is 0 Å². The Balaban J connectivity index is 2.12. The summed E-state index contributed by atoms with van der Waals surface area (Å²) in [5, 5.41) is 15.5. The molecule has 1 aromatic heterocycles. The molecule has 1 saturated heterocycles. The van der Waals surface area contributed by atoms with Gasteiger partial charge in [0.1, 0.15) is 5.82 Å². The molecule has 1 fully saturated rings. The van der Waals surface area contributed by atoms with Crippen LogP contribution in [0.15, 0.2) is 0 Å². The normalized spacial score (nSPS) is 25.0. The first kappa shape index (κ1) is 12.0. The minimum Gasteiger partial charge on any atom is -0.394 e. The van der Waals surface area contributed by atoms with E-state index in [0.29, 0.717) is 19.0 Å². The Kier molecular flexibility index (Phi) is 3.39. The van der Waals surface area contributed by atoms with E-state index in [1.807, 2.05) is 6.92 Å². The summed E-state index contributed by atoms with van der Waals surface area (Å²) in [6.45, 7) is 4.32. The van der Waals surface area contributed by atoms with Gasteiger partial charge >= 0.3 is 0 Å². The highest BCUT2D eigenvalue weighted by Gasteiger charge is 2.31. The molecule has 94 valence electrons. The van der Waals surface area contributed by atoms with E-state index >= 15 is 0 Å². The number of H-pyrrole nitrogens is 1. The molecule has 0 aromatic carbocycles. The summed E-state index contributed by atoms with van der Waals surface area (Å²) in [6, 6.07) is -0.0379. The number of aliphatic hydroxyl groups excluding tert-OH is 1. The van der Waals surface area contributed by atoms with Crippen molar-refractivity contribution in [2.45, 2.75) is 26.0 Å². The monoisotopic (exact) mass is 240 g/mol. The molecule has 17 heavy (non-hydrogen) atoms. The minimum absolute atomic E-state index is 0.0379. The highest BCUT2D eigenvalue weighted by molar-refractivity contribution is 5.90. The Morgan fingerprint density at radius 1 is 1.71 bits per heavy atom. The second-order valence-corrected chi connectivity index (χ2v) is 4.19. The van der Waals surface area contributed by atoms with Crippen LogP contribution in [0.1, 0.15) is 23.4 Å². The van der Waals surface area contributed by atoms with Crippen LogP contribution in [0.3, 0.4) is 0 Å². The fraction of sp³-hybridized carbons (Fsp3) is 0.700. The molecular weight excluding hydrogens is 224 g/mol. The fourth-order valence-electron chi connectivity index (χ4n) is 1.78. The molecule has 1 aliphatic heterocycles. The highest BCUT2D eigenvalue weighted by atomic mass is 16.5. The molecule has 2 rings (SSSR count). The zero-order chi connectivity index (χ0) is 12.4.